The van der Waals surface area contributed by atoms with Crippen molar-refractivity contribution < 1.29 is 64.6 Å². The van der Waals surface area contributed by atoms with Crippen LogP contribution in [-0.2, 0) is 23.7 Å². The maximum Gasteiger partial charge on any atom is 0.220 e. The number of hydrogen-bond acceptors (Lipinski definition) is 13. The number of aliphatic hydroxyl groups is 8. The summed E-state index contributed by atoms with van der Waals surface area (Å²) in [4.78, 5) is 13.3. The van der Waals surface area contributed by atoms with Crippen LogP contribution in [-0.4, -0.2) is 140 Å². The minimum atomic E-state index is -1.80. The van der Waals surface area contributed by atoms with Gasteiger partial charge in [-0.3, -0.25) is 4.79 Å². The smallest absolute Gasteiger partial charge is 0.220 e. The van der Waals surface area contributed by atoms with Gasteiger partial charge in [0.2, 0.25) is 5.91 Å². The Labute approximate surface area is 534 Å². The van der Waals surface area contributed by atoms with Crippen LogP contribution in [0.25, 0.3) is 0 Å². The first-order valence-electron chi connectivity index (χ1n) is 35.5. The van der Waals surface area contributed by atoms with Gasteiger partial charge in [-0.1, -0.05) is 284 Å². The molecule has 0 bridgehead atoms. The van der Waals surface area contributed by atoms with E-state index in [9.17, 15) is 45.6 Å². The second-order valence-electron chi connectivity index (χ2n) is 24.6. The van der Waals surface area contributed by atoms with Gasteiger partial charge in [0.05, 0.1) is 32.0 Å². The lowest BCUT2D eigenvalue weighted by Crippen LogP contribution is -2.65. The number of ether oxygens (including phenoxy) is 4. The normalized spacial score (nSPS) is 23.8. The van der Waals surface area contributed by atoms with Crippen molar-refractivity contribution in [2.45, 2.75) is 344 Å². The molecular weight excluding hydrogens is 1110 g/mol. The third-order valence-corrected chi connectivity index (χ3v) is 16.8. The highest BCUT2D eigenvalue weighted by Crippen LogP contribution is 2.30. The molecule has 0 spiro atoms. The molecule has 1 amide bonds. The predicted octanol–water partition coefficient (Wildman–Crippen LogP) is 14.6. The van der Waals surface area contributed by atoms with Crippen molar-refractivity contribution in [3.63, 3.8) is 0 Å². The van der Waals surface area contributed by atoms with Crippen LogP contribution < -0.4 is 5.32 Å². The molecule has 12 unspecified atom stereocenters. The van der Waals surface area contributed by atoms with Gasteiger partial charge in [-0.15, -0.1) is 0 Å². The lowest BCUT2D eigenvalue weighted by molar-refractivity contribution is -0.359. The van der Waals surface area contributed by atoms with Crippen LogP contribution >= 0.6 is 0 Å². The van der Waals surface area contributed by atoms with Crippen molar-refractivity contribution in [3.05, 3.63) is 97.2 Å². The minimum Gasteiger partial charge on any atom is -0.394 e. The van der Waals surface area contributed by atoms with Crippen molar-refractivity contribution in [2.75, 3.05) is 19.8 Å². The Morgan fingerprint density at radius 3 is 1.20 bits per heavy atom. The predicted molar refractivity (Wildman–Crippen MR) is 359 cm³/mol. The number of amides is 1. The fourth-order valence-electron chi connectivity index (χ4n) is 11.2. The number of rotatable bonds is 57. The quantitative estimate of drug-likeness (QED) is 0.0204. The van der Waals surface area contributed by atoms with Gasteiger partial charge in [0, 0.05) is 6.42 Å². The minimum absolute atomic E-state index is 0.236. The molecule has 0 aromatic carbocycles. The zero-order valence-corrected chi connectivity index (χ0v) is 55.2. The SMILES string of the molecule is CC/C=C\C/C=C\C/C=C\C/C=C\C/C=C\C/C=C\C/C=C\CCCCCC(=O)NC(COC1OC(CO)C(OC2OC(CO)C(O)C(O)C2O)C(O)C1O)C(O)/C=C/CCCCCCCCCCCCCCCCCCCCCCCCCCCCC. The molecule has 14 heteroatoms. The van der Waals surface area contributed by atoms with Gasteiger partial charge in [0.1, 0.15) is 48.8 Å². The summed E-state index contributed by atoms with van der Waals surface area (Å²) in [6, 6.07) is -0.942. The molecule has 2 aliphatic rings. The summed E-state index contributed by atoms with van der Waals surface area (Å²) in [6.45, 7) is 2.68. The molecule has 2 heterocycles. The summed E-state index contributed by atoms with van der Waals surface area (Å²) in [5, 5.41) is 87.4. The third kappa shape index (κ3) is 41.4. The summed E-state index contributed by atoms with van der Waals surface area (Å²) in [5.74, 6) is -0.272. The van der Waals surface area contributed by atoms with E-state index in [4.69, 9.17) is 18.9 Å². The number of aliphatic hydroxyl groups excluding tert-OH is 8. The van der Waals surface area contributed by atoms with Crippen LogP contribution in [0.2, 0.25) is 0 Å². The average Bonchev–Trinajstić information content (AvgIpc) is 2.07. The van der Waals surface area contributed by atoms with Crippen LogP contribution in [0.15, 0.2) is 97.2 Å². The molecule has 0 aromatic rings. The first-order valence-corrected chi connectivity index (χ1v) is 35.5. The van der Waals surface area contributed by atoms with E-state index in [1.807, 2.05) is 6.08 Å². The van der Waals surface area contributed by atoms with E-state index >= 15 is 0 Å². The van der Waals surface area contributed by atoms with E-state index in [-0.39, 0.29) is 18.9 Å². The van der Waals surface area contributed by atoms with E-state index in [1.165, 1.54) is 161 Å². The number of nitrogens with one attached hydrogen (secondary N) is 1. The molecule has 88 heavy (non-hydrogen) atoms. The number of carbonyl (C=O) groups is 1. The topological polar surface area (TPSA) is 228 Å². The number of hydrogen-bond donors (Lipinski definition) is 9. The average molecular weight is 1240 g/mol. The van der Waals surface area contributed by atoms with E-state index in [1.54, 1.807) is 6.08 Å². The van der Waals surface area contributed by atoms with Crippen LogP contribution in [0.3, 0.4) is 0 Å². The van der Waals surface area contributed by atoms with E-state index in [0.29, 0.717) is 6.42 Å². The van der Waals surface area contributed by atoms with Gasteiger partial charge < -0.3 is 65.1 Å². The Morgan fingerprint density at radius 2 is 0.784 bits per heavy atom. The summed E-state index contributed by atoms with van der Waals surface area (Å²) in [6.07, 6.45) is 64.6. The van der Waals surface area contributed by atoms with E-state index in [0.717, 1.165) is 83.5 Å². The summed E-state index contributed by atoms with van der Waals surface area (Å²) < 4.78 is 22.8. The van der Waals surface area contributed by atoms with E-state index in [2.05, 4.69) is 104 Å². The highest BCUT2D eigenvalue weighted by molar-refractivity contribution is 5.76. The zero-order chi connectivity index (χ0) is 63.8. The van der Waals surface area contributed by atoms with Crippen LogP contribution in [0.5, 0.6) is 0 Å². The molecule has 14 nitrogen and oxygen atoms in total. The molecule has 2 aliphatic heterocycles. The first kappa shape index (κ1) is 81.0. The Balaban J connectivity index is 1.71. The number of carbonyl (C=O) groups excluding carboxylic acids is 1. The molecule has 12 atom stereocenters. The van der Waals surface area contributed by atoms with Gasteiger partial charge in [-0.25, -0.2) is 0 Å². The Hall–Kier alpha value is -3.09. The van der Waals surface area contributed by atoms with Crippen molar-refractivity contribution in [2.24, 2.45) is 0 Å². The van der Waals surface area contributed by atoms with Crippen molar-refractivity contribution in [1.82, 2.24) is 5.32 Å². The van der Waals surface area contributed by atoms with E-state index < -0.39 is 86.8 Å². The summed E-state index contributed by atoms with van der Waals surface area (Å²) >= 11 is 0. The Kier molecular flexibility index (Phi) is 53.2. The van der Waals surface area contributed by atoms with Crippen LogP contribution in [0.4, 0.5) is 0 Å². The third-order valence-electron chi connectivity index (χ3n) is 16.8. The maximum absolute atomic E-state index is 13.3. The van der Waals surface area contributed by atoms with Gasteiger partial charge >= 0.3 is 0 Å². The Morgan fingerprint density at radius 1 is 0.420 bits per heavy atom. The first-order chi connectivity index (χ1) is 43.1. The second-order valence-corrected chi connectivity index (χ2v) is 24.6. The number of allylic oxidation sites excluding steroid dienone is 15. The summed E-state index contributed by atoms with van der Waals surface area (Å²) in [5.41, 5.74) is 0. The molecule has 2 saturated heterocycles. The second kappa shape index (κ2) is 57.8. The lowest BCUT2D eigenvalue weighted by Gasteiger charge is -2.46. The molecular formula is C74H129NO13. The fraction of sp³-hybridized carbons (Fsp3) is 0.770. The van der Waals surface area contributed by atoms with Gasteiger partial charge in [-0.2, -0.15) is 0 Å². The molecule has 0 saturated carbocycles. The highest BCUT2D eigenvalue weighted by Gasteiger charge is 2.51. The molecule has 0 radical (unpaired) electrons. The van der Waals surface area contributed by atoms with Gasteiger partial charge in [-0.05, 0) is 77.0 Å². The fourth-order valence-corrected chi connectivity index (χ4v) is 11.2. The van der Waals surface area contributed by atoms with Crippen LogP contribution in [0, 0.1) is 0 Å². The summed E-state index contributed by atoms with van der Waals surface area (Å²) in [7, 11) is 0. The van der Waals surface area contributed by atoms with Crippen LogP contribution in [0.1, 0.15) is 271 Å². The molecule has 0 aliphatic carbocycles. The molecule has 0 aromatic heterocycles. The van der Waals surface area contributed by atoms with Crippen molar-refractivity contribution >= 4 is 5.91 Å². The molecule has 2 rings (SSSR count). The van der Waals surface area contributed by atoms with Gasteiger partial charge in [0.15, 0.2) is 12.6 Å². The van der Waals surface area contributed by atoms with Gasteiger partial charge in [0.25, 0.3) is 0 Å². The highest BCUT2D eigenvalue weighted by atomic mass is 16.7. The molecule has 2 fully saturated rings. The number of unbranched alkanes of at least 4 members (excludes halogenated alkanes) is 30. The largest absolute Gasteiger partial charge is 0.394 e. The Bertz CT molecular complexity index is 1850. The maximum atomic E-state index is 13.3. The zero-order valence-electron chi connectivity index (χ0n) is 55.2. The standard InChI is InChI=1S/C74H129NO13/c1-3-5-7-9-11-13-15-17-19-21-23-25-27-29-30-31-32-34-35-37-39-41-43-45-47-49-51-53-55-57-63(78)62(61-85-73-71(84)69(82)72(65(60-77)87-73)88-74-70(83)68(81)67(80)64(59-76)86-74)75-66(79)58-56-54-52-50-48-46-44-42-40-38-36-33-28-26-24-22-20-18-16-14-12-10-8-6-4-2/h6,8,12,14,18,20,24,26,33,36,40,42,46,48,55,57,62-65,67-74,76-78,80-84H,3-5,7,9-11,13,15-17,19,21-23,25,27-32,34-35,37-39,41,43-45,47,49-54,56,58-61H2,1-2H3,(H,75,79)/b8-6-,14-12-,20-18-,26-24-,36-33-,42-40-,48-46-,57-55+. The monoisotopic (exact) mass is 1240 g/mol. The molecule has 508 valence electrons. The van der Waals surface area contributed by atoms with Crippen molar-refractivity contribution in [3.8, 4) is 0 Å². The molecule has 9 N–H and O–H groups in total. The van der Waals surface area contributed by atoms with Crippen molar-refractivity contribution in [1.29, 1.82) is 0 Å². The lowest BCUT2D eigenvalue weighted by atomic mass is 9.97.